The third-order valence-corrected chi connectivity index (χ3v) is 3.46. The first-order valence-corrected chi connectivity index (χ1v) is 6.22. The molecule has 0 unspecified atom stereocenters. The van der Waals surface area contributed by atoms with Gasteiger partial charge >= 0.3 is 0 Å². The largest absolute Gasteiger partial charge is 0.388 e. The third kappa shape index (κ3) is 2.96. The van der Waals surface area contributed by atoms with Gasteiger partial charge in [0.1, 0.15) is 5.82 Å². The minimum atomic E-state index is -0.533. The first-order chi connectivity index (χ1) is 8.13. The molecule has 0 bridgehead atoms. The molecule has 4 nitrogen and oxygen atoms in total. The van der Waals surface area contributed by atoms with Gasteiger partial charge in [0.15, 0.2) is 0 Å². The number of pyridine rings is 1. The van der Waals surface area contributed by atoms with E-state index in [1.807, 2.05) is 30.1 Å². The van der Waals surface area contributed by atoms with Crippen LogP contribution in [0.1, 0.15) is 31.4 Å². The van der Waals surface area contributed by atoms with Crippen LogP contribution < -0.4 is 10.6 Å². The Morgan fingerprint density at radius 1 is 1.41 bits per heavy atom. The first-order valence-electron chi connectivity index (χ1n) is 6.22. The second-order valence-corrected chi connectivity index (χ2v) is 4.98. The van der Waals surface area contributed by atoms with E-state index in [2.05, 4.69) is 4.98 Å². The van der Waals surface area contributed by atoms with Crippen molar-refractivity contribution in [2.75, 3.05) is 18.5 Å². The van der Waals surface area contributed by atoms with Gasteiger partial charge in [0.05, 0.1) is 11.3 Å². The molecular formula is C13H21N3O. The Balaban J connectivity index is 2.05. The minimum absolute atomic E-state index is 0.450. The molecule has 0 atom stereocenters. The Hall–Kier alpha value is -1.13. The number of aliphatic hydroxyl groups is 1. The zero-order valence-electron chi connectivity index (χ0n) is 10.4. The van der Waals surface area contributed by atoms with Gasteiger partial charge in [-0.05, 0) is 25.0 Å². The van der Waals surface area contributed by atoms with Gasteiger partial charge in [0.2, 0.25) is 0 Å². The number of nitrogens with zero attached hydrogens (tertiary/aromatic N) is 2. The van der Waals surface area contributed by atoms with E-state index in [0.29, 0.717) is 13.1 Å². The summed E-state index contributed by atoms with van der Waals surface area (Å²) in [4.78, 5) is 6.47. The van der Waals surface area contributed by atoms with Gasteiger partial charge in [0.25, 0.3) is 0 Å². The van der Waals surface area contributed by atoms with Crippen LogP contribution in [0.15, 0.2) is 18.2 Å². The maximum atomic E-state index is 10.4. The van der Waals surface area contributed by atoms with Gasteiger partial charge in [-0.15, -0.1) is 0 Å². The van der Waals surface area contributed by atoms with Crippen LogP contribution in [0.25, 0.3) is 0 Å². The Bertz CT molecular complexity index is 375. The van der Waals surface area contributed by atoms with E-state index in [-0.39, 0.29) is 0 Å². The van der Waals surface area contributed by atoms with Crippen molar-refractivity contribution in [3.8, 4) is 0 Å². The monoisotopic (exact) mass is 235 g/mol. The number of likely N-dealkylation sites (N-methyl/N-ethyl adjacent to an activating group) is 1. The van der Waals surface area contributed by atoms with E-state index in [1.54, 1.807) is 0 Å². The second-order valence-electron chi connectivity index (χ2n) is 4.98. The van der Waals surface area contributed by atoms with E-state index in [9.17, 15) is 5.11 Å². The zero-order valence-corrected chi connectivity index (χ0v) is 10.4. The summed E-state index contributed by atoms with van der Waals surface area (Å²) in [6.45, 7) is 1.10. The molecule has 0 aromatic carbocycles. The molecule has 0 saturated heterocycles. The van der Waals surface area contributed by atoms with Crippen molar-refractivity contribution in [2.45, 2.75) is 37.8 Å². The summed E-state index contributed by atoms with van der Waals surface area (Å²) in [5.41, 5.74) is 5.93. The fourth-order valence-corrected chi connectivity index (χ4v) is 2.51. The molecule has 1 aromatic heterocycles. The molecule has 4 heteroatoms. The SMILES string of the molecule is CN(CC1(O)CCCC1)c1cccc(CN)n1. The van der Waals surface area contributed by atoms with E-state index < -0.39 is 5.60 Å². The number of hydrogen-bond acceptors (Lipinski definition) is 4. The maximum absolute atomic E-state index is 10.4. The highest BCUT2D eigenvalue weighted by atomic mass is 16.3. The molecule has 1 aromatic rings. The lowest BCUT2D eigenvalue weighted by Crippen LogP contribution is -2.39. The number of aromatic nitrogens is 1. The Morgan fingerprint density at radius 3 is 2.76 bits per heavy atom. The highest BCUT2D eigenvalue weighted by Crippen LogP contribution is 2.30. The van der Waals surface area contributed by atoms with Gasteiger partial charge in [-0.3, -0.25) is 0 Å². The quantitative estimate of drug-likeness (QED) is 0.825. The van der Waals surface area contributed by atoms with Crippen molar-refractivity contribution in [1.82, 2.24) is 4.98 Å². The first kappa shape index (κ1) is 12.3. The maximum Gasteiger partial charge on any atom is 0.128 e. The molecule has 0 amide bonds. The van der Waals surface area contributed by atoms with Crippen molar-refractivity contribution < 1.29 is 5.11 Å². The number of anilines is 1. The number of nitrogens with two attached hydrogens (primary N) is 1. The van der Waals surface area contributed by atoms with Crippen LogP contribution in [0.2, 0.25) is 0 Å². The Labute approximate surface area is 102 Å². The summed E-state index contributed by atoms with van der Waals surface area (Å²) >= 11 is 0. The van der Waals surface area contributed by atoms with E-state index in [4.69, 9.17) is 5.73 Å². The molecule has 3 N–H and O–H groups in total. The highest BCUT2D eigenvalue weighted by molar-refractivity contribution is 5.38. The Kier molecular flexibility index (Phi) is 3.64. The van der Waals surface area contributed by atoms with E-state index in [0.717, 1.165) is 37.2 Å². The molecule has 1 saturated carbocycles. The predicted octanol–water partition coefficient (Wildman–Crippen LogP) is 1.28. The van der Waals surface area contributed by atoms with Gasteiger partial charge in [-0.1, -0.05) is 18.9 Å². The van der Waals surface area contributed by atoms with Crippen LogP contribution in [-0.2, 0) is 6.54 Å². The third-order valence-electron chi connectivity index (χ3n) is 3.46. The zero-order chi connectivity index (χ0) is 12.3. The second kappa shape index (κ2) is 5.02. The van der Waals surface area contributed by atoms with E-state index in [1.165, 1.54) is 0 Å². The summed E-state index contributed by atoms with van der Waals surface area (Å²) in [5.74, 6) is 0.883. The van der Waals surface area contributed by atoms with E-state index >= 15 is 0 Å². The topological polar surface area (TPSA) is 62.4 Å². The van der Waals surface area contributed by atoms with Crippen LogP contribution in [0.4, 0.5) is 5.82 Å². The van der Waals surface area contributed by atoms with Gasteiger partial charge in [-0.2, -0.15) is 0 Å². The van der Waals surface area contributed by atoms with Crippen molar-refractivity contribution in [3.63, 3.8) is 0 Å². The summed E-state index contributed by atoms with van der Waals surface area (Å²) in [7, 11) is 1.97. The average Bonchev–Trinajstić information content (AvgIpc) is 2.76. The molecule has 1 heterocycles. The van der Waals surface area contributed by atoms with Crippen LogP contribution in [-0.4, -0.2) is 29.3 Å². The smallest absolute Gasteiger partial charge is 0.128 e. The molecular weight excluding hydrogens is 214 g/mol. The van der Waals surface area contributed by atoms with Gasteiger partial charge in [-0.25, -0.2) is 4.98 Å². The number of hydrogen-bond donors (Lipinski definition) is 2. The molecule has 0 spiro atoms. The lowest BCUT2D eigenvalue weighted by molar-refractivity contribution is 0.0558. The standard InChI is InChI=1S/C13H21N3O/c1-16(10-13(17)7-2-3-8-13)12-6-4-5-11(9-14)15-12/h4-6,17H,2-3,7-10,14H2,1H3. The molecule has 1 aliphatic rings. The van der Waals surface area contributed by atoms with Crippen molar-refractivity contribution in [1.29, 1.82) is 0 Å². The molecule has 1 aliphatic carbocycles. The minimum Gasteiger partial charge on any atom is -0.388 e. The summed E-state index contributed by atoms with van der Waals surface area (Å²) in [6, 6.07) is 5.83. The number of rotatable bonds is 4. The molecule has 0 radical (unpaired) electrons. The Morgan fingerprint density at radius 2 is 2.12 bits per heavy atom. The molecule has 1 fully saturated rings. The summed E-state index contributed by atoms with van der Waals surface area (Å²) < 4.78 is 0. The van der Waals surface area contributed by atoms with Crippen LogP contribution >= 0.6 is 0 Å². The summed E-state index contributed by atoms with van der Waals surface area (Å²) in [5, 5.41) is 10.4. The van der Waals surface area contributed by atoms with Crippen LogP contribution in [0, 0.1) is 0 Å². The highest BCUT2D eigenvalue weighted by Gasteiger charge is 2.32. The lowest BCUT2D eigenvalue weighted by Gasteiger charge is -2.29. The van der Waals surface area contributed by atoms with Crippen LogP contribution in [0.5, 0.6) is 0 Å². The molecule has 0 aliphatic heterocycles. The predicted molar refractivity (Wildman–Crippen MR) is 68.8 cm³/mol. The fourth-order valence-electron chi connectivity index (χ4n) is 2.51. The molecule has 2 rings (SSSR count). The molecule has 17 heavy (non-hydrogen) atoms. The normalized spacial score (nSPS) is 18.3. The van der Waals surface area contributed by atoms with Crippen molar-refractivity contribution in [2.24, 2.45) is 5.73 Å². The fraction of sp³-hybridized carbons (Fsp3) is 0.615. The van der Waals surface area contributed by atoms with Gasteiger partial charge < -0.3 is 15.7 Å². The lowest BCUT2D eigenvalue weighted by atomic mass is 10.0. The average molecular weight is 235 g/mol. The molecule has 94 valence electrons. The van der Waals surface area contributed by atoms with Crippen LogP contribution in [0.3, 0.4) is 0 Å². The van der Waals surface area contributed by atoms with Crippen molar-refractivity contribution in [3.05, 3.63) is 23.9 Å². The van der Waals surface area contributed by atoms with Gasteiger partial charge in [0, 0.05) is 20.1 Å². The summed E-state index contributed by atoms with van der Waals surface area (Å²) in [6.07, 6.45) is 4.04. The van der Waals surface area contributed by atoms with Crippen molar-refractivity contribution >= 4 is 5.82 Å².